The molecule has 0 saturated carbocycles. The lowest BCUT2D eigenvalue weighted by molar-refractivity contribution is 0.242. The van der Waals surface area contributed by atoms with Gasteiger partial charge in [0.05, 0.1) is 16.3 Å². The van der Waals surface area contributed by atoms with E-state index < -0.39 is 0 Å². The van der Waals surface area contributed by atoms with Gasteiger partial charge in [0.25, 0.3) is 0 Å². The van der Waals surface area contributed by atoms with Crippen molar-refractivity contribution in [3.63, 3.8) is 0 Å². The van der Waals surface area contributed by atoms with E-state index in [4.69, 9.17) is 0 Å². The van der Waals surface area contributed by atoms with Crippen LogP contribution in [0.1, 0.15) is 5.56 Å². The van der Waals surface area contributed by atoms with Crippen molar-refractivity contribution in [1.29, 1.82) is 0 Å². The Hall–Kier alpha value is -3.20. The summed E-state index contributed by atoms with van der Waals surface area (Å²) in [6, 6.07) is 9.55. The minimum absolute atomic E-state index is 0.228. The Bertz CT molecular complexity index is 941. The molecule has 0 saturated heterocycles. The molecule has 3 aromatic rings. The minimum atomic E-state index is -0.228. The normalized spacial score (nSPS) is 10.3. The smallest absolute Gasteiger partial charge is 0.314 e. The van der Waals surface area contributed by atoms with Crippen molar-refractivity contribution >= 4 is 28.4 Å². The molecule has 0 spiro atoms. The zero-order chi connectivity index (χ0) is 19.2. The third-order valence-electron chi connectivity index (χ3n) is 3.88. The number of carbonyl (C=O) groups excluding carboxylic acids is 1. The molecular formula is C18H21N7OS. The lowest BCUT2D eigenvalue weighted by Crippen LogP contribution is -2.32. The fraction of sp³-hybridized carbons (Fsp3) is 0.222. The van der Waals surface area contributed by atoms with Gasteiger partial charge in [0.1, 0.15) is 0 Å². The molecular weight excluding hydrogens is 362 g/mol. The molecule has 2 heterocycles. The van der Waals surface area contributed by atoms with Crippen LogP contribution in [-0.2, 0) is 6.54 Å². The molecule has 2 amide bonds. The van der Waals surface area contributed by atoms with Crippen LogP contribution >= 0.6 is 11.3 Å². The molecule has 0 aliphatic rings. The molecule has 8 nitrogen and oxygen atoms in total. The van der Waals surface area contributed by atoms with Gasteiger partial charge in [-0.2, -0.15) is 0 Å². The number of hydrogen-bond donors (Lipinski definition) is 4. The number of nitrogens with zero attached hydrogens (tertiary/aromatic N) is 3. The van der Waals surface area contributed by atoms with Crippen LogP contribution in [-0.4, -0.2) is 42.1 Å². The topological polar surface area (TPSA) is 104 Å². The Morgan fingerprint density at radius 1 is 1.07 bits per heavy atom. The Balaban J connectivity index is 2.01. The van der Waals surface area contributed by atoms with E-state index in [-0.39, 0.29) is 6.03 Å². The average Bonchev–Trinajstić information content (AvgIpc) is 3.21. The largest absolute Gasteiger partial charge is 0.365 e. The van der Waals surface area contributed by atoms with E-state index in [1.807, 2.05) is 37.4 Å². The zero-order valence-corrected chi connectivity index (χ0v) is 16.1. The molecule has 0 aliphatic heterocycles. The minimum Gasteiger partial charge on any atom is -0.365 e. The molecule has 0 bridgehead atoms. The third kappa shape index (κ3) is 4.32. The van der Waals surface area contributed by atoms with Crippen LogP contribution in [0.3, 0.4) is 0 Å². The first-order valence-corrected chi connectivity index (χ1v) is 9.21. The molecule has 0 unspecified atom stereocenters. The highest BCUT2D eigenvalue weighted by Gasteiger charge is 2.13. The Morgan fingerprint density at radius 3 is 2.56 bits per heavy atom. The maximum absolute atomic E-state index is 11.5. The van der Waals surface area contributed by atoms with Gasteiger partial charge >= 0.3 is 6.03 Å². The number of thiazole rings is 1. The van der Waals surface area contributed by atoms with Crippen molar-refractivity contribution in [2.75, 3.05) is 31.8 Å². The summed E-state index contributed by atoms with van der Waals surface area (Å²) in [4.78, 5) is 25.9. The monoisotopic (exact) mass is 383 g/mol. The number of benzene rings is 1. The summed E-state index contributed by atoms with van der Waals surface area (Å²) in [7, 11) is 5.21. The summed E-state index contributed by atoms with van der Waals surface area (Å²) in [5.74, 6) is 0.524. The van der Waals surface area contributed by atoms with Gasteiger partial charge in [-0.15, -0.1) is 0 Å². The standard InChI is InChI=1S/C18H21N7OS/c1-19-16-24-13(8-14(25-16)15-10-23-18(21-3)27-15)12-7-5-4-6-11(12)9-22-17(26)20-2/h4-8,10H,9H2,1-3H3,(H,21,23)(H,19,24,25)(H2,20,22,26). The molecule has 0 atom stereocenters. The van der Waals surface area contributed by atoms with E-state index >= 15 is 0 Å². The fourth-order valence-corrected chi connectivity index (χ4v) is 3.25. The van der Waals surface area contributed by atoms with Crippen molar-refractivity contribution in [3.05, 3.63) is 42.1 Å². The first kappa shape index (κ1) is 18.6. The van der Waals surface area contributed by atoms with Gasteiger partial charge in [0.15, 0.2) is 5.13 Å². The number of amides is 2. The summed E-state index contributed by atoms with van der Waals surface area (Å²) in [5, 5.41) is 12.2. The van der Waals surface area contributed by atoms with Crippen LogP contribution in [0.2, 0.25) is 0 Å². The maximum Gasteiger partial charge on any atom is 0.314 e. The second-order valence-electron chi connectivity index (χ2n) is 5.58. The first-order valence-electron chi connectivity index (χ1n) is 8.39. The van der Waals surface area contributed by atoms with E-state index in [2.05, 4.69) is 36.2 Å². The van der Waals surface area contributed by atoms with Crippen LogP contribution in [0.4, 0.5) is 15.9 Å². The summed E-state index contributed by atoms with van der Waals surface area (Å²) in [6.45, 7) is 0.397. The van der Waals surface area contributed by atoms with Crippen LogP contribution in [0.5, 0.6) is 0 Å². The fourth-order valence-electron chi connectivity index (χ4n) is 2.52. The lowest BCUT2D eigenvalue weighted by atomic mass is 10.0. The quantitative estimate of drug-likeness (QED) is 0.522. The highest BCUT2D eigenvalue weighted by Crippen LogP contribution is 2.31. The van der Waals surface area contributed by atoms with Gasteiger partial charge in [-0.1, -0.05) is 35.6 Å². The van der Waals surface area contributed by atoms with Crippen molar-refractivity contribution in [1.82, 2.24) is 25.6 Å². The predicted octanol–water partition coefficient (Wildman–Crippen LogP) is 2.78. The van der Waals surface area contributed by atoms with Crippen molar-refractivity contribution in [2.24, 2.45) is 0 Å². The third-order valence-corrected chi connectivity index (χ3v) is 4.92. The van der Waals surface area contributed by atoms with E-state index in [1.165, 1.54) is 11.3 Å². The van der Waals surface area contributed by atoms with Crippen LogP contribution in [0.25, 0.3) is 21.8 Å². The molecule has 9 heteroatoms. The molecule has 0 aliphatic carbocycles. The maximum atomic E-state index is 11.5. The second-order valence-corrected chi connectivity index (χ2v) is 6.61. The van der Waals surface area contributed by atoms with E-state index in [9.17, 15) is 4.79 Å². The molecule has 27 heavy (non-hydrogen) atoms. The predicted molar refractivity (Wildman–Crippen MR) is 109 cm³/mol. The van der Waals surface area contributed by atoms with Gasteiger partial charge in [0.2, 0.25) is 5.95 Å². The SMILES string of the molecule is CNC(=O)NCc1ccccc1-c1cc(-c2cnc(NC)s2)nc(NC)n1. The molecule has 4 N–H and O–H groups in total. The number of aromatic nitrogens is 3. The first-order chi connectivity index (χ1) is 13.1. The number of carbonyl (C=O) groups is 1. The van der Waals surface area contributed by atoms with E-state index in [0.717, 1.165) is 32.5 Å². The highest BCUT2D eigenvalue weighted by molar-refractivity contribution is 7.18. The van der Waals surface area contributed by atoms with E-state index in [1.54, 1.807) is 20.3 Å². The average molecular weight is 383 g/mol. The summed E-state index contributed by atoms with van der Waals surface area (Å²) < 4.78 is 0. The highest BCUT2D eigenvalue weighted by atomic mass is 32.1. The van der Waals surface area contributed by atoms with Gasteiger partial charge in [-0.3, -0.25) is 0 Å². The molecule has 1 aromatic carbocycles. The molecule has 0 radical (unpaired) electrons. The van der Waals surface area contributed by atoms with Crippen molar-refractivity contribution in [2.45, 2.75) is 6.54 Å². The van der Waals surface area contributed by atoms with Crippen molar-refractivity contribution in [3.8, 4) is 21.8 Å². The summed E-state index contributed by atoms with van der Waals surface area (Å²) in [5.41, 5.74) is 3.47. The molecule has 140 valence electrons. The van der Waals surface area contributed by atoms with Gasteiger partial charge in [0, 0.05) is 39.4 Å². The Kier molecular flexibility index (Phi) is 5.82. The number of anilines is 2. The summed E-state index contributed by atoms with van der Waals surface area (Å²) >= 11 is 1.52. The number of hydrogen-bond acceptors (Lipinski definition) is 7. The Morgan fingerprint density at radius 2 is 1.85 bits per heavy atom. The summed E-state index contributed by atoms with van der Waals surface area (Å²) in [6.07, 6.45) is 1.79. The van der Waals surface area contributed by atoms with Gasteiger partial charge < -0.3 is 21.3 Å². The van der Waals surface area contributed by atoms with Gasteiger partial charge in [-0.25, -0.2) is 19.7 Å². The van der Waals surface area contributed by atoms with Crippen molar-refractivity contribution < 1.29 is 4.79 Å². The zero-order valence-electron chi connectivity index (χ0n) is 15.3. The second kappa shape index (κ2) is 8.45. The molecule has 2 aromatic heterocycles. The van der Waals surface area contributed by atoms with E-state index in [0.29, 0.717) is 12.5 Å². The van der Waals surface area contributed by atoms with Crippen LogP contribution in [0.15, 0.2) is 36.5 Å². The molecule has 3 rings (SSSR count). The number of rotatable bonds is 6. The number of urea groups is 1. The van der Waals surface area contributed by atoms with Crippen LogP contribution < -0.4 is 21.3 Å². The van der Waals surface area contributed by atoms with Crippen LogP contribution in [0, 0.1) is 0 Å². The van der Waals surface area contributed by atoms with Gasteiger partial charge in [-0.05, 0) is 11.6 Å². The number of nitrogens with one attached hydrogen (secondary N) is 4. The lowest BCUT2D eigenvalue weighted by Gasteiger charge is -2.12. The molecule has 0 fully saturated rings. The Labute approximate surface area is 161 Å².